The number of rotatable bonds is 5. The highest BCUT2D eigenvalue weighted by Gasteiger charge is 2.23. The van der Waals surface area contributed by atoms with Gasteiger partial charge in [-0.05, 0) is 52.9 Å². The highest BCUT2D eigenvalue weighted by atomic mass is 32.1. The lowest BCUT2D eigenvalue weighted by molar-refractivity contribution is 0.102. The van der Waals surface area contributed by atoms with E-state index >= 15 is 0 Å². The molecule has 0 saturated heterocycles. The number of H-pyrrole nitrogens is 1. The summed E-state index contributed by atoms with van der Waals surface area (Å²) in [5.41, 5.74) is 2.06. The molecule has 1 amide bonds. The summed E-state index contributed by atoms with van der Waals surface area (Å²) in [5.74, 6) is 1.62. The number of aryl methyl sites for hydroxylation is 1. The van der Waals surface area contributed by atoms with E-state index in [-0.39, 0.29) is 17.3 Å². The molecule has 4 aromatic rings. The van der Waals surface area contributed by atoms with Crippen LogP contribution in [0.5, 0.6) is 17.2 Å². The third kappa shape index (κ3) is 4.22. The molecule has 160 valence electrons. The molecule has 0 fully saturated rings. The number of benzene rings is 2. The maximum Gasteiger partial charge on any atom is 0.272 e. The SMILES string of the molecule is COc1cc2sc(C(=O)Nc3nn[nH]n3)c(Oc3cccc(C(C)(C)C)c3)c2cc1C. The van der Waals surface area contributed by atoms with Crippen molar-refractivity contribution in [3.8, 4) is 17.2 Å². The number of nitrogens with zero attached hydrogens (tertiary/aromatic N) is 3. The number of tetrazole rings is 1. The maximum absolute atomic E-state index is 13.0. The second-order valence-electron chi connectivity index (χ2n) is 8.15. The molecule has 2 N–H and O–H groups in total. The fourth-order valence-corrected chi connectivity index (χ4v) is 4.23. The summed E-state index contributed by atoms with van der Waals surface area (Å²) in [6, 6.07) is 11.8. The van der Waals surface area contributed by atoms with Gasteiger partial charge < -0.3 is 9.47 Å². The predicted octanol–water partition coefficient (Wildman–Crippen LogP) is 5.07. The van der Waals surface area contributed by atoms with Crippen molar-refractivity contribution < 1.29 is 14.3 Å². The van der Waals surface area contributed by atoms with Crippen molar-refractivity contribution in [2.24, 2.45) is 0 Å². The summed E-state index contributed by atoms with van der Waals surface area (Å²) in [4.78, 5) is 13.4. The lowest BCUT2D eigenvalue weighted by Crippen LogP contribution is -2.12. The van der Waals surface area contributed by atoms with E-state index in [2.05, 4.69) is 52.8 Å². The van der Waals surface area contributed by atoms with Crippen molar-refractivity contribution in [3.63, 3.8) is 0 Å². The molecule has 0 aliphatic carbocycles. The van der Waals surface area contributed by atoms with Gasteiger partial charge in [0.1, 0.15) is 16.4 Å². The van der Waals surface area contributed by atoms with E-state index in [9.17, 15) is 4.79 Å². The minimum atomic E-state index is -0.374. The summed E-state index contributed by atoms with van der Waals surface area (Å²) in [6.45, 7) is 8.39. The Balaban J connectivity index is 1.81. The number of hydrogen-bond acceptors (Lipinski definition) is 7. The van der Waals surface area contributed by atoms with Crippen LogP contribution in [0.25, 0.3) is 10.1 Å². The minimum Gasteiger partial charge on any atom is -0.496 e. The number of amides is 1. The van der Waals surface area contributed by atoms with E-state index in [1.807, 2.05) is 37.3 Å². The summed E-state index contributed by atoms with van der Waals surface area (Å²) in [6.07, 6.45) is 0. The second-order valence-corrected chi connectivity index (χ2v) is 9.20. The van der Waals surface area contributed by atoms with Crippen molar-refractivity contribution in [1.29, 1.82) is 0 Å². The minimum absolute atomic E-state index is 0.0289. The Bertz CT molecular complexity index is 1240. The largest absolute Gasteiger partial charge is 0.496 e. The summed E-state index contributed by atoms with van der Waals surface area (Å²) in [7, 11) is 1.63. The first kappa shape index (κ1) is 20.8. The summed E-state index contributed by atoms with van der Waals surface area (Å²) >= 11 is 1.32. The molecule has 0 aliphatic rings. The molecule has 2 heterocycles. The van der Waals surface area contributed by atoms with E-state index < -0.39 is 0 Å². The summed E-state index contributed by atoms with van der Waals surface area (Å²) in [5, 5.41) is 16.9. The van der Waals surface area contributed by atoms with Crippen molar-refractivity contribution in [3.05, 3.63) is 52.4 Å². The fourth-order valence-electron chi connectivity index (χ4n) is 3.20. The number of carbonyl (C=O) groups is 1. The third-order valence-corrected chi connectivity index (χ3v) is 5.99. The van der Waals surface area contributed by atoms with Crippen molar-refractivity contribution in [2.75, 3.05) is 12.4 Å². The first-order valence-corrected chi connectivity index (χ1v) is 10.5. The molecule has 9 heteroatoms. The van der Waals surface area contributed by atoms with Gasteiger partial charge in [0.2, 0.25) is 0 Å². The Kier molecular flexibility index (Phi) is 5.36. The molecule has 0 saturated carbocycles. The molecule has 2 aromatic carbocycles. The van der Waals surface area contributed by atoms with Crippen LogP contribution in [0.4, 0.5) is 5.95 Å². The first-order valence-electron chi connectivity index (χ1n) is 9.70. The van der Waals surface area contributed by atoms with Crippen LogP contribution in [0.1, 0.15) is 41.6 Å². The number of thiophene rings is 1. The number of carbonyl (C=O) groups excluding carboxylic acids is 1. The smallest absolute Gasteiger partial charge is 0.272 e. The number of anilines is 1. The number of ether oxygens (including phenoxy) is 2. The molecule has 0 spiro atoms. The molecule has 2 aromatic heterocycles. The van der Waals surface area contributed by atoms with Gasteiger partial charge >= 0.3 is 0 Å². The van der Waals surface area contributed by atoms with Crippen LogP contribution in [-0.4, -0.2) is 33.6 Å². The Morgan fingerprint density at radius 1 is 1.19 bits per heavy atom. The van der Waals surface area contributed by atoms with Crippen LogP contribution >= 0.6 is 11.3 Å². The zero-order valence-corrected chi connectivity index (χ0v) is 18.8. The van der Waals surface area contributed by atoms with Crippen LogP contribution in [0.3, 0.4) is 0 Å². The van der Waals surface area contributed by atoms with Crippen LogP contribution in [-0.2, 0) is 5.41 Å². The molecule has 4 rings (SSSR count). The van der Waals surface area contributed by atoms with Crippen LogP contribution in [0, 0.1) is 6.92 Å². The number of aromatic amines is 1. The average molecular weight is 438 g/mol. The van der Waals surface area contributed by atoms with Crippen molar-refractivity contribution in [2.45, 2.75) is 33.1 Å². The molecule has 0 bridgehead atoms. The molecule has 31 heavy (non-hydrogen) atoms. The molecule has 0 aliphatic heterocycles. The quantitative estimate of drug-likeness (QED) is 0.452. The zero-order valence-electron chi connectivity index (χ0n) is 17.9. The van der Waals surface area contributed by atoms with Gasteiger partial charge in [-0.2, -0.15) is 5.21 Å². The van der Waals surface area contributed by atoms with Gasteiger partial charge in [0.15, 0.2) is 5.75 Å². The van der Waals surface area contributed by atoms with Gasteiger partial charge in [-0.25, -0.2) is 0 Å². The first-order chi connectivity index (χ1) is 14.8. The number of methoxy groups -OCH3 is 1. The molecular formula is C22H23N5O3S. The van der Waals surface area contributed by atoms with Crippen LogP contribution < -0.4 is 14.8 Å². The lowest BCUT2D eigenvalue weighted by atomic mass is 9.87. The molecular weight excluding hydrogens is 414 g/mol. The Hall–Kier alpha value is -3.46. The zero-order chi connectivity index (χ0) is 22.2. The van der Waals surface area contributed by atoms with Gasteiger partial charge in [-0.3, -0.25) is 10.1 Å². The van der Waals surface area contributed by atoms with Gasteiger partial charge in [0.25, 0.3) is 11.9 Å². The number of hydrogen-bond donors (Lipinski definition) is 2. The third-order valence-electron chi connectivity index (χ3n) is 4.86. The molecule has 8 nitrogen and oxygen atoms in total. The Morgan fingerprint density at radius 3 is 2.68 bits per heavy atom. The van der Waals surface area contributed by atoms with E-state index in [1.54, 1.807) is 7.11 Å². The Morgan fingerprint density at radius 2 is 2.00 bits per heavy atom. The molecule has 0 atom stereocenters. The second kappa shape index (κ2) is 7.99. The summed E-state index contributed by atoms with van der Waals surface area (Å²) < 4.78 is 12.6. The molecule has 0 radical (unpaired) electrons. The lowest BCUT2D eigenvalue weighted by Gasteiger charge is -2.19. The predicted molar refractivity (Wildman–Crippen MR) is 120 cm³/mol. The highest BCUT2D eigenvalue weighted by Crippen LogP contribution is 2.43. The standard InChI is InChI=1S/C22H23N5O3S/c1-12-9-15-17(11-16(12)29-5)31-19(20(28)23-21-24-26-27-25-21)18(15)30-14-8-6-7-13(10-14)22(2,3)4/h6-11H,1-5H3,(H2,23,24,25,26,27,28). The number of nitrogens with one attached hydrogen (secondary N) is 2. The maximum atomic E-state index is 13.0. The van der Waals surface area contributed by atoms with Gasteiger partial charge in [0.05, 0.1) is 7.11 Å². The van der Waals surface area contributed by atoms with E-state index in [1.165, 1.54) is 11.3 Å². The van der Waals surface area contributed by atoms with Gasteiger partial charge in [0, 0.05) is 10.1 Å². The van der Waals surface area contributed by atoms with Crippen LogP contribution in [0.2, 0.25) is 0 Å². The van der Waals surface area contributed by atoms with Crippen molar-refractivity contribution in [1.82, 2.24) is 20.6 Å². The fraction of sp³-hybridized carbons (Fsp3) is 0.273. The van der Waals surface area contributed by atoms with E-state index in [0.29, 0.717) is 16.4 Å². The Labute approximate surface area is 183 Å². The molecule has 0 unspecified atom stereocenters. The van der Waals surface area contributed by atoms with Crippen molar-refractivity contribution >= 4 is 33.3 Å². The number of fused-ring (bicyclic) bond motifs is 1. The monoisotopic (exact) mass is 437 g/mol. The van der Waals surface area contributed by atoms with Gasteiger partial charge in [-0.15, -0.1) is 16.4 Å². The van der Waals surface area contributed by atoms with Gasteiger partial charge in [-0.1, -0.05) is 38.0 Å². The normalized spacial score (nSPS) is 11.5. The average Bonchev–Trinajstić information content (AvgIpc) is 3.35. The van der Waals surface area contributed by atoms with E-state index in [0.717, 1.165) is 27.0 Å². The number of aromatic nitrogens is 4. The topological polar surface area (TPSA) is 102 Å². The highest BCUT2D eigenvalue weighted by molar-refractivity contribution is 7.21. The van der Waals surface area contributed by atoms with E-state index in [4.69, 9.17) is 9.47 Å². The van der Waals surface area contributed by atoms with Crippen LogP contribution in [0.15, 0.2) is 36.4 Å².